The van der Waals surface area contributed by atoms with Crippen LogP contribution in [-0.2, 0) is 16.6 Å². The lowest BCUT2D eigenvalue weighted by Crippen LogP contribution is -2.19. The van der Waals surface area contributed by atoms with E-state index in [0.717, 1.165) is 12.4 Å². The normalized spacial score (nSPS) is 12.0. The number of nitriles is 1. The van der Waals surface area contributed by atoms with Crippen molar-refractivity contribution in [3.8, 4) is 6.07 Å². The molecule has 0 aliphatic heterocycles. The molecule has 23 heavy (non-hydrogen) atoms. The van der Waals surface area contributed by atoms with Crippen molar-refractivity contribution >= 4 is 16.0 Å². The van der Waals surface area contributed by atoms with Gasteiger partial charge in [-0.2, -0.15) is 23.4 Å². The maximum atomic E-state index is 12.3. The summed E-state index contributed by atoms with van der Waals surface area (Å²) in [7, 11) is -4.13. The van der Waals surface area contributed by atoms with Crippen LogP contribution in [0.15, 0.2) is 29.4 Å². The van der Waals surface area contributed by atoms with E-state index in [-0.39, 0.29) is 10.5 Å². The summed E-state index contributed by atoms with van der Waals surface area (Å²) in [5.41, 5.74) is 0.498. The molecule has 0 unspecified atom stereocenters. The molecule has 1 heterocycles. The van der Waals surface area contributed by atoms with Crippen LogP contribution in [-0.4, -0.2) is 29.4 Å². The molecule has 0 radical (unpaired) electrons. The van der Waals surface area contributed by atoms with E-state index in [1.54, 1.807) is 0 Å². The first kappa shape index (κ1) is 16.8. The maximum absolute atomic E-state index is 12.3. The first-order valence-electron chi connectivity index (χ1n) is 6.10. The van der Waals surface area contributed by atoms with E-state index >= 15 is 0 Å². The summed E-state index contributed by atoms with van der Waals surface area (Å²) in [6.45, 7) is 0.135. The topological polar surface area (TPSA) is 101 Å². The zero-order chi connectivity index (χ0) is 17.3. The van der Waals surface area contributed by atoms with E-state index < -0.39 is 28.7 Å². The molecule has 7 nitrogen and oxygen atoms in total. The number of nitrogens with one attached hydrogen (secondary N) is 1. The summed E-state index contributed by atoms with van der Waals surface area (Å²) in [5.74, 6) is -0.490. The summed E-state index contributed by atoms with van der Waals surface area (Å²) in [4.78, 5) is 3.30. The fourth-order valence-electron chi connectivity index (χ4n) is 1.74. The van der Waals surface area contributed by atoms with Gasteiger partial charge < -0.3 is 0 Å². The fourth-order valence-corrected chi connectivity index (χ4v) is 2.95. The molecule has 0 aliphatic rings. The maximum Gasteiger partial charge on any atom is 0.408 e. The van der Waals surface area contributed by atoms with E-state index in [1.165, 1.54) is 19.1 Å². The van der Waals surface area contributed by atoms with Gasteiger partial charge in [-0.25, -0.2) is 17.8 Å². The lowest BCUT2D eigenvalue weighted by atomic mass is 10.2. The number of rotatable bonds is 4. The van der Waals surface area contributed by atoms with Gasteiger partial charge in [0.2, 0.25) is 0 Å². The van der Waals surface area contributed by atoms with Crippen LogP contribution in [0.5, 0.6) is 0 Å². The van der Waals surface area contributed by atoms with Gasteiger partial charge in [0.25, 0.3) is 16.0 Å². The van der Waals surface area contributed by atoms with Gasteiger partial charge in [-0.05, 0) is 24.6 Å². The minimum atomic E-state index is -4.50. The smallest absolute Gasteiger partial charge is 0.246 e. The molecule has 1 aromatic heterocycles. The van der Waals surface area contributed by atoms with Crippen molar-refractivity contribution in [2.24, 2.45) is 0 Å². The van der Waals surface area contributed by atoms with E-state index in [2.05, 4.69) is 10.1 Å². The van der Waals surface area contributed by atoms with E-state index in [9.17, 15) is 21.6 Å². The Bertz CT molecular complexity index is 868. The van der Waals surface area contributed by atoms with Gasteiger partial charge in [-0.3, -0.25) is 0 Å². The summed E-state index contributed by atoms with van der Waals surface area (Å²) >= 11 is 0. The van der Waals surface area contributed by atoms with Crippen LogP contribution in [0.3, 0.4) is 0 Å². The largest absolute Gasteiger partial charge is 0.408 e. The highest BCUT2D eigenvalue weighted by Gasteiger charge is 2.29. The molecule has 1 N–H and O–H groups in total. The molecule has 0 atom stereocenters. The molecule has 0 bridgehead atoms. The van der Waals surface area contributed by atoms with Gasteiger partial charge in [0.15, 0.2) is 0 Å². The SMILES string of the molecule is Cc1ccc(C#N)cc1S(=O)(=O)Nc1ncn(CC(F)(F)F)n1. The van der Waals surface area contributed by atoms with Crippen molar-refractivity contribution in [1.29, 1.82) is 5.26 Å². The summed E-state index contributed by atoms with van der Waals surface area (Å²) in [6.07, 6.45) is -3.73. The Labute approximate surface area is 129 Å². The van der Waals surface area contributed by atoms with Crippen LogP contribution in [0.25, 0.3) is 0 Å². The van der Waals surface area contributed by atoms with Crippen LogP contribution in [0.2, 0.25) is 0 Å². The zero-order valence-electron chi connectivity index (χ0n) is 11.7. The first-order valence-corrected chi connectivity index (χ1v) is 7.59. The molecule has 2 aromatic rings. The van der Waals surface area contributed by atoms with Crippen molar-refractivity contribution in [3.63, 3.8) is 0 Å². The molecular formula is C12H10F3N5O2S. The second-order valence-corrected chi connectivity index (χ2v) is 6.23. The molecule has 122 valence electrons. The minimum absolute atomic E-state index is 0.131. The third-order valence-corrected chi connectivity index (χ3v) is 4.18. The number of hydrogen-bond donors (Lipinski definition) is 1. The van der Waals surface area contributed by atoms with Gasteiger partial charge in [-0.1, -0.05) is 6.07 Å². The molecule has 0 aliphatic carbocycles. The molecule has 0 spiro atoms. The number of hydrogen-bond acceptors (Lipinski definition) is 5. The lowest BCUT2D eigenvalue weighted by Gasteiger charge is -2.08. The Morgan fingerprint density at radius 3 is 2.70 bits per heavy atom. The molecule has 2 rings (SSSR count). The third kappa shape index (κ3) is 4.19. The Morgan fingerprint density at radius 2 is 2.09 bits per heavy atom. The predicted molar refractivity (Wildman–Crippen MR) is 72.8 cm³/mol. The number of halogens is 3. The zero-order valence-corrected chi connectivity index (χ0v) is 12.5. The number of sulfonamides is 1. The minimum Gasteiger partial charge on any atom is -0.246 e. The van der Waals surface area contributed by atoms with Crippen molar-refractivity contribution in [2.45, 2.75) is 24.5 Å². The summed E-state index contributed by atoms with van der Waals surface area (Å²) in [6, 6.07) is 5.86. The monoisotopic (exact) mass is 345 g/mol. The van der Waals surface area contributed by atoms with Gasteiger partial charge >= 0.3 is 6.18 Å². The Kier molecular flexibility index (Phi) is 4.28. The molecular weight excluding hydrogens is 335 g/mol. The second kappa shape index (κ2) is 5.88. The molecule has 0 saturated heterocycles. The Balaban J connectivity index is 2.27. The Hall–Kier alpha value is -2.61. The molecule has 0 amide bonds. The first-order chi connectivity index (χ1) is 10.6. The predicted octanol–water partition coefficient (Wildman–Crippen LogP) is 1.82. The van der Waals surface area contributed by atoms with E-state index in [0.29, 0.717) is 10.2 Å². The van der Waals surface area contributed by atoms with Crippen LogP contribution in [0.4, 0.5) is 19.1 Å². The van der Waals surface area contributed by atoms with Gasteiger partial charge in [0, 0.05) is 0 Å². The lowest BCUT2D eigenvalue weighted by molar-refractivity contribution is -0.142. The van der Waals surface area contributed by atoms with E-state index in [1.807, 2.05) is 10.8 Å². The summed E-state index contributed by atoms with van der Waals surface area (Å²) in [5, 5.41) is 12.2. The third-order valence-electron chi connectivity index (χ3n) is 2.71. The van der Waals surface area contributed by atoms with Crippen LogP contribution >= 0.6 is 0 Å². The highest BCUT2D eigenvalue weighted by Crippen LogP contribution is 2.20. The van der Waals surface area contributed by atoms with Crippen molar-refractivity contribution < 1.29 is 21.6 Å². The van der Waals surface area contributed by atoms with Crippen LogP contribution in [0, 0.1) is 18.3 Å². The van der Waals surface area contributed by atoms with Crippen molar-refractivity contribution in [2.75, 3.05) is 4.72 Å². The second-order valence-electron chi connectivity index (χ2n) is 4.58. The van der Waals surface area contributed by atoms with Crippen molar-refractivity contribution in [1.82, 2.24) is 14.8 Å². The number of alkyl halides is 3. The highest BCUT2D eigenvalue weighted by atomic mass is 32.2. The van der Waals surface area contributed by atoms with Crippen molar-refractivity contribution in [3.05, 3.63) is 35.7 Å². The number of nitrogens with zero attached hydrogens (tertiary/aromatic N) is 4. The molecule has 0 fully saturated rings. The summed E-state index contributed by atoms with van der Waals surface area (Å²) < 4.78 is 63.7. The van der Waals surface area contributed by atoms with Gasteiger partial charge in [0.1, 0.15) is 12.9 Å². The van der Waals surface area contributed by atoms with Crippen LogP contribution in [0.1, 0.15) is 11.1 Å². The number of anilines is 1. The standard InChI is InChI=1S/C12H10F3N5O2S/c1-8-2-3-9(5-16)4-10(8)23(21,22)19-11-17-7-20(18-11)6-12(13,14)15/h2-4,7H,6H2,1H3,(H,18,19). The number of benzene rings is 1. The average Bonchev–Trinajstić information content (AvgIpc) is 2.83. The van der Waals surface area contributed by atoms with Gasteiger partial charge in [-0.15, -0.1) is 5.10 Å². The molecule has 1 aromatic carbocycles. The Morgan fingerprint density at radius 1 is 1.39 bits per heavy atom. The molecule has 11 heteroatoms. The van der Waals surface area contributed by atoms with Gasteiger partial charge in [0.05, 0.1) is 16.5 Å². The number of aryl methyl sites for hydroxylation is 1. The number of aromatic nitrogens is 3. The molecule has 0 saturated carbocycles. The quantitative estimate of drug-likeness (QED) is 0.911. The average molecular weight is 345 g/mol. The highest BCUT2D eigenvalue weighted by molar-refractivity contribution is 7.92. The van der Waals surface area contributed by atoms with Crippen LogP contribution < -0.4 is 4.72 Å². The fraction of sp³-hybridized carbons (Fsp3) is 0.250. The van der Waals surface area contributed by atoms with E-state index in [4.69, 9.17) is 5.26 Å².